The molecule has 0 heterocycles. The third-order valence-corrected chi connectivity index (χ3v) is 6.66. The van der Waals surface area contributed by atoms with Gasteiger partial charge in [0.2, 0.25) is 11.8 Å². The van der Waals surface area contributed by atoms with Gasteiger partial charge >= 0.3 is 0 Å². The zero-order valence-electron chi connectivity index (χ0n) is 20.3. The summed E-state index contributed by atoms with van der Waals surface area (Å²) in [5.41, 5.74) is 5.61. The van der Waals surface area contributed by atoms with Crippen molar-refractivity contribution in [2.24, 2.45) is 0 Å². The van der Waals surface area contributed by atoms with Crippen LogP contribution in [0.2, 0.25) is 0 Å². The Kier molecular flexibility index (Phi) is 9.77. The van der Waals surface area contributed by atoms with E-state index in [0.29, 0.717) is 25.3 Å². The Balaban J connectivity index is 1.81. The molecule has 2 amide bonds. The van der Waals surface area contributed by atoms with Gasteiger partial charge in [-0.25, -0.2) is 0 Å². The zero-order valence-corrected chi connectivity index (χ0v) is 21.1. The minimum Gasteiger partial charge on any atom is -0.355 e. The maximum Gasteiger partial charge on any atom is 0.243 e. The Hall–Kier alpha value is -3.05. The monoisotopic (exact) mass is 474 g/mol. The highest BCUT2D eigenvalue weighted by Crippen LogP contribution is 2.19. The van der Waals surface area contributed by atoms with Crippen molar-refractivity contribution in [2.75, 3.05) is 12.3 Å². The maximum atomic E-state index is 13.5. The van der Waals surface area contributed by atoms with Crippen LogP contribution in [0.5, 0.6) is 0 Å². The number of carbonyl (C=O) groups is 2. The van der Waals surface area contributed by atoms with Gasteiger partial charge in [0, 0.05) is 25.3 Å². The Bertz CT molecular complexity index is 1070. The second kappa shape index (κ2) is 13.0. The summed E-state index contributed by atoms with van der Waals surface area (Å²) in [6.45, 7) is 6.94. The zero-order chi connectivity index (χ0) is 24.3. The summed E-state index contributed by atoms with van der Waals surface area (Å²) in [7, 11) is 0. The van der Waals surface area contributed by atoms with Crippen molar-refractivity contribution in [1.29, 1.82) is 0 Å². The summed E-state index contributed by atoms with van der Waals surface area (Å²) in [5, 5.41) is 2.95. The number of hydrogen-bond acceptors (Lipinski definition) is 3. The van der Waals surface area contributed by atoms with Gasteiger partial charge in [-0.3, -0.25) is 9.59 Å². The van der Waals surface area contributed by atoms with Crippen molar-refractivity contribution in [2.45, 2.75) is 45.5 Å². The molecule has 0 aliphatic rings. The lowest BCUT2D eigenvalue weighted by atomic mass is 10.0. The molecule has 3 rings (SSSR count). The van der Waals surface area contributed by atoms with Crippen molar-refractivity contribution in [1.82, 2.24) is 10.2 Å². The van der Waals surface area contributed by atoms with Gasteiger partial charge in [0.05, 0.1) is 5.75 Å². The lowest BCUT2D eigenvalue weighted by molar-refractivity contribution is -0.139. The topological polar surface area (TPSA) is 49.4 Å². The lowest BCUT2D eigenvalue weighted by Gasteiger charge is -2.31. The van der Waals surface area contributed by atoms with Gasteiger partial charge in [0.1, 0.15) is 6.04 Å². The van der Waals surface area contributed by atoms with Gasteiger partial charge in [0.15, 0.2) is 0 Å². The number of thioether (sulfide) groups is 1. The van der Waals surface area contributed by atoms with Crippen LogP contribution >= 0.6 is 11.8 Å². The first-order valence-corrected chi connectivity index (χ1v) is 12.9. The highest BCUT2D eigenvalue weighted by molar-refractivity contribution is 7.99. The van der Waals surface area contributed by atoms with E-state index in [1.807, 2.05) is 62.4 Å². The fourth-order valence-electron chi connectivity index (χ4n) is 3.88. The van der Waals surface area contributed by atoms with E-state index in [-0.39, 0.29) is 11.8 Å². The Morgan fingerprint density at radius 2 is 1.56 bits per heavy atom. The molecule has 5 heteroatoms. The second-order valence-corrected chi connectivity index (χ2v) is 9.57. The van der Waals surface area contributed by atoms with Gasteiger partial charge in [-0.15, -0.1) is 11.8 Å². The number of nitrogens with zero attached hydrogens (tertiary/aromatic N) is 1. The Morgan fingerprint density at radius 1 is 0.853 bits per heavy atom. The number of amides is 2. The number of aryl methyl sites for hydroxylation is 2. The molecule has 0 saturated carbocycles. The van der Waals surface area contributed by atoms with Crippen molar-refractivity contribution in [3.63, 3.8) is 0 Å². The fraction of sp³-hybridized carbons (Fsp3) is 0.310. The quantitative estimate of drug-likeness (QED) is 0.410. The largest absolute Gasteiger partial charge is 0.355 e. The third-order valence-electron chi connectivity index (χ3n) is 5.67. The molecule has 0 aromatic heterocycles. The summed E-state index contributed by atoms with van der Waals surface area (Å²) >= 11 is 1.59. The Morgan fingerprint density at radius 3 is 2.24 bits per heavy atom. The molecule has 0 unspecified atom stereocenters. The van der Waals surface area contributed by atoms with E-state index in [1.54, 1.807) is 16.7 Å². The molecule has 0 saturated heterocycles. The maximum absolute atomic E-state index is 13.5. The van der Waals surface area contributed by atoms with Crippen LogP contribution in [-0.2, 0) is 28.3 Å². The minimum atomic E-state index is -0.574. The van der Waals surface area contributed by atoms with Gasteiger partial charge in [-0.1, -0.05) is 90.0 Å². The molecular weight excluding hydrogens is 440 g/mol. The van der Waals surface area contributed by atoms with Gasteiger partial charge in [-0.05, 0) is 37.5 Å². The molecule has 0 aliphatic heterocycles. The number of carbonyl (C=O) groups excluding carboxylic acids is 2. The van der Waals surface area contributed by atoms with Gasteiger partial charge in [-0.2, -0.15) is 0 Å². The highest BCUT2D eigenvalue weighted by Gasteiger charge is 2.30. The molecule has 0 fully saturated rings. The molecule has 3 aromatic carbocycles. The normalized spacial score (nSPS) is 11.6. The van der Waals surface area contributed by atoms with Crippen LogP contribution in [0.15, 0.2) is 78.9 Å². The number of rotatable bonds is 11. The molecule has 1 N–H and O–H groups in total. The molecule has 3 aromatic rings. The van der Waals surface area contributed by atoms with Crippen LogP contribution in [0.1, 0.15) is 34.7 Å². The van der Waals surface area contributed by atoms with Gasteiger partial charge < -0.3 is 10.2 Å². The van der Waals surface area contributed by atoms with E-state index < -0.39 is 6.04 Å². The number of likely N-dealkylation sites (N-methyl/N-ethyl adjacent to an activating group) is 1. The van der Waals surface area contributed by atoms with E-state index in [1.165, 1.54) is 11.1 Å². The summed E-state index contributed by atoms with van der Waals surface area (Å²) in [5.74, 6) is 0.945. The van der Waals surface area contributed by atoms with Crippen LogP contribution in [0.3, 0.4) is 0 Å². The van der Waals surface area contributed by atoms with Crippen molar-refractivity contribution in [3.05, 3.63) is 107 Å². The molecule has 0 aliphatic carbocycles. The average Bonchev–Trinajstić information content (AvgIpc) is 2.83. The summed E-state index contributed by atoms with van der Waals surface area (Å²) in [6, 6.07) is 25.9. The van der Waals surface area contributed by atoms with E-state index in [0.717, 1.165) is 22.4 Å². The minimum absolute atomic E-state index is 0.0224. The molecule has 34 heavy (non-hydrogen) atoms. The molecule has 0 spiro atoms. The van der Waals surface area contributed by atoms with E-state index in [2.05, 4.69) is 42.6 Å². The van der Waals surface area contributed by atoms with Gasteiger partial charge in [0.25, 0.3) is 0 Å². The first kappa shape index (κ1) is 25.6. The molecule has 4 nitrogen and oxygen atoms in total. The average molecular weight is 475 g/mol. The van der Waals surface area contributed by atoms with E-state index in [9.17, 15) is 9.59 Å². The van der Waals surface area contributed by atoms with Crippen LogP contribution in [0.25, 0.3) is 0 Å². The van der Waals surface area contributed by atoms with Crippen LogP contribution < -0.4 is 5.32 Å². The van der Waals surface area contributed by atoms with Crippen LogP contribution in [-0.4, -0.2) is 35.1 Å². The van der Waals surface area contributed by atoms with E-state index >= 15 is 0 Å². The van der Waals surface area contributed by atoms with E-state index in [4.69, 9.17) is 0 Å². The summed E-state index contributed by atoms with van der Waals surface area (Å²) in [4.78, 5) is 28.5. The standard InChI is InChI=1S/C29H34N2O2S/c1-4-30-29(33)27(18-24-10-6-5-7-11-24)31(19-26-12-8-9-23(3)17-26)28(32)21-34-20-25-15-13-22(2)14-16-25/h5-17,27H,4,18-21H2,1-3H3,(H,30,33)/t27-/m0/s1. The lowest BCUT2D eigenvalue weighted by Crippen LogP contribution is -2.51. The molecule has 178 valence electrons. The first-order valence-electron chi connectivity index (χ1n) is 11.8. The SMILES string of the molecule is CCNC(=O)[C@H](Cc1ccccc1)N(Cc1cccc(C)c1)C(=O)CSCc1ccc(C)cc1. The fourth-order valence-corrected chi connectivity index (χ4v) is 4.75. The third kappa shape index (κ3) is 7.77. The summed E-state index contributed by atoms with van der Waals surface area (Å²) < 4.78 is 0. The predicted molar refractivity (Wildman–Crippen MR) is 142 cm³/mol. The Labute approximate surface area is 207 Å². The molecule has 0 bridgehead atoms. The number of nitrogens with one attached hydrogen (secondary N) is 1. The van der Waals surface area contributed by atoms with Crippen molar-refractivity contribution in [3.8, 4) is 0 Å². The molecule has 1 atom stereocenters. The van der Waals surface area contributed by atoms with Crippen molar-refractivity contribution < 1.29 is 9.59 Å². The molecule has 0 radical (unpaired) electrons. The van der Waals surface area contributed by atoms with Crippen LogP contribution in [0, 0.1) is 13.8 Å². The number of benzene rings is 3. The predicted octanol–water partition coefficient (Wildman–Crippen LogP) is 5.31. The smallest absolute Gasteiger partial charge is 0.243 e. The highest BCUT2D eigenvalue weighted by atomic mass is 32.2. The number of hydrogen-bond donors (Lipinski definition) is 1. The second-order valence-electron chi connectivity index (χ2n) is 8.59. The van der Waals surface area contributed by atoms with Crippen molar-refractivity contribution >= 4 is 23.6 Å². The molecular formula is C29H34N2O2S. The van der Waals surface area contributed by atoms with Crippen LogP contribution in [0.4, 0.5) is 0 Å². The summed E-state index contributed by atoms with van der Waals surface area (Å²) in [6.07, 6.45) is 0.479. The first-order chi connectivity index (χ1) is 16.5.